The molecule has 28 heavy (non-hydrogen) atoms. The normalized spacial score (nSPS) is 12.1. The van der Waals surface area contributed by atoms with E-state index in [9.17, 15) is 31.1 Å². The van der Waals surface area contributed by atoms with Gasteiger partial charge >= 0.3 is 12.4 Å². The average molecular weight is 443 g/mol. The third kappa shape index (κ3) is 6.59. The van der Waals surface area contributed by atoms with Crippen molar-refractivity contribution in [2.45, 2.75) is 23.8 Å². The van der Waals surface area contributed by atoms with E-state index in [2.05, 4.69) is 10.3 Å². The standard InChI is InChI=1S/C17H13ClF6N2OS/c18-13-7-12(17(22,23)24)8-26-15(13)28-9-14(27)25-5-4-10-2-1-3-11(6-10)16(19,20)21/h1-3,6-8H,4-5,9H2,(H,25,27). The molecule has 11 heteroatoms. The maximum Gasteiger partial charge on any atom is 0.417 e. The molecular formula is C17H13ClF6N2OS. The van der Waals surface area contributed by atoms with Crippen LogP contribution < -0.4 is 5.32 Å². The molecule has 0 aliphatic rings. The average Bonchev–Trinajstić information content (AvgIpc) is 2.59. The quantitative estimate of drug-likeness (QED) is 0.492. The molecule has 0 bridgehead atoms. The minimum Gasteiger partial charge on any atom is -0.355 e. The van der Waals surface area contributed by atoms with Crippen molar-refractivity contribution in [3.8, 4) is 0 Å². The minimum atomic E-state index is -4.57. The zero-order valence-electron chi connectivity index (χ0n) is 14.0. The first kappa shape index (κ1) is 22.4. The van der Waals surface area contributed by atoms with E-state index in [0.717, 1.165) is 30.0 Å². The molecule has 2 rings (SSSR count). The largest absolute Gasteiger partial charge is 0.417 e. The molecule has 1 amide bonds. The number of alkyl halides is 6. The van der Waals surface area contributed by atoms with Gasteiger partial charge < -0.3 is 5.32 Å². The van der Waals surface area contributed by atoms with Crippen molar-refractivity contribution in [3.63, 3.8) is 0 Å². The zero-order valence-corrected chi connectivity index (χ0v) is 15.6. The molecule has 152 valence electrons. The fourth-order valence-corrected chi connectivity index (χ4v) is 3.14. The van der Waals surface area contributed by atoms with Crippen molar-refractivity contribution in [1.29, 1.82) is 0 Å². The first-order valence-corrected chi connectivity index (χ1v) is 9.11. The molecule has 0 saturated heterocycles. The summed E-state index contributed by atoms with van der Waals surface area (Å²) >= 11 is 6.60. The number of benzene rings is 1. The van der Waals surface area contributed by atoms with Crippen LogP contribution in [0, 0.1) is 0 Å². The molecule has 0 saturated carbocycles. The Morgan fingerprint density at radius 2 is 1.75 bits per heavy atom. The van der Waals surface area contributed by atoms with E-state index in [1.54, 1.807) is 0 Å². The Morgan fingerprint density at radius 1 is 1.07 bits per heavy atom. The second kappa shape index (κ2) is 9.04. The molecule has 1 N–H and O–H groups in total. The fraction of sp³-hybridized carbons (Fsp3) is 0.294. The van der Waals surface area contributed by atoms with Crippen LogP contribution in [0.2, 0.25) is 5.02 Å². The lowest BCUT2D eigenvalue weighted by atomic mass is 10.1. The number of nitrogens with zero attached hydrogens (tertiary/aromatic N) is 1. The number of rotatable bonds is 6. The molecule has 0 spiro atoms. The van der Waals surface area contributed by atoms with Crippen LogP contribution in [0.4, 0.5) is 26.3 Å². The smallest absolute Gasteiger partial charge is 0.355 e. The molecular weight excluding hydrogens is 430 g/mol. The third-order valence-electron chi connectivity index (χ3n) is 3.46. The van der Waals surface area contributed by atoms with Crippen LogP contribution in [0.5, 0.6) is 0 Å². The number of carbonyl (C=O) groups is 1. The summed E-state index contributed by atoms with van der Waals surface area (Å²) < 4.78 is 75.6. The monoisotopic (exact) mass is 442 g/mol. The summed E-state index contributed by atoms with van der Waals surface area (Å²) in [7, 11) is 0. The number of thioether (sulfide) groups is 1. The maximum absolute atomic E-state index is 12.7. The molecule has 0 atom stereocenters. The minimum absolute atomic E-state index is 0.0719. The Labute approximate surface area is 165 Å². The van der Waals surface area contributed by atoms with E-state index >= 15 is 0 Å². The highest BCUT2D eigenvalue weighted by molar-refractivity contribution is 8.00. The molecule has 2 aromatic rings. The highest BCUT2D eigenvalue weighted by Gasteiger charge is 2.32. The summed E-state index contributed by atoms with van der Waals surface area (Å²) in [6.07, 6.45) is -8.19. The summed E-state index contributed by atoms with van der Waals surface area (Å²) in [5.41, 5.74) is -1.35. The molecule has 1 aromatic heterocycles. The van der Waals surface area contributed by atoms with E-state index in [1.165, 1.54) is 12.1 Å². The van der Waals surface area contributed by atoms with Crippen LogP contribution in [0.3, 0.4) is 0 Å². The molecule has 0 aliphatic carbocycles. The van der Waals surface area contributed by atoms with Gasteiger partial charge in [0.05, 0.1) is 21.9 Å². The van der Waals surface area contributed by atoms with Crippen molar-refractivity contribution in [2.24, 2.45) is 0 Å². The Balaban J connectivity index is 1.82. The molecule has 1 heterocycles. The van der Waals surface area contributed by atoms with Gasteiger partial charge in [0.25, 0.3) is 0 Å². The number of halogens is 7. The topological polar surface area (TPSA) is 42.0 Å². The lowest BCUT2D eigenvalue weighted by Gasteiger charge is -2.10. The van der Waals surface area contributed by atoms with Gasteiger partial charge in [0.15, 0.2) is 0 Å². The summed E-state index contributed by atoms with van der Waals surface area (Å²) in [5.74, 6) is -0.601. The second-order valence-corrected chi connectivity index (χ2v) is 6.97. The van der Waals surface area contributed by atoms with Crippen LogP contribution >= 0.6 is 23.4 Å². The number of pyridine rings is 1. The lowest BCUT2D eigenvalue weighted by molar-refractivity contribution is -0.138. The highest BCUT2D eigenvalue weighted by atomic mass is 35.5. The van der Waals surface area contributed by atoms with Crippen LogP contribution in [-0.4, -0.2) is 23.2 Å². The first-order chi connectivity index (χ1) is 13.0. The summed E-state index contributed by atoms with van der Waals surface area (Å²) in [5, 5.41) is 2.37. The van der Waals surface area contributed by atoms with Crippen molar-refractivity contribution in [2.75, 3.05) is 12.3 Å². The van der Waals surface area contributed by atoms with Gasteiger partial charge in [0.2, 0.25) is 5.91 Å². The molecule has 0 unspecified atom stereocenters. The Morgan fingerprint density at radius 3 is 2.36 bits per heavy atom. The summed E-state index contributed by atoms with van der Waals surface area (Å²) in [4.78, 5) is 15.4. The van der Waals surface area contributed by atoms with Crippen molar-refractivity contribution >= 4 is 29.3 Å². The summed E-state index contributed by atoms with van der Waals surface area (Å²) in [6, 6.07) is 5.49. The van der Waals surface area contributed by atoms with E-state index < -0.39 is 29.4 Å². The van der Waals surface area contributed by atoms with E-state index in [4.69, 9.17) is 11.6 Å². The predicted octanol–water partition coefficient (Wildman–Crippen LogP) is 5.22. The van der Waals surface area contributed by atoms with Gasteiger partial charge in [-0.05, 0) is 24.1 Å². The van der Waals surface area contributed by atoms with Crippen LogP contribution in [0.1, 0.15) is 16.7 Å². The van der Waals surface area contributed by atoms with Gasteiger partial charge in [-0.3, -0.25) is 4.79 Å². The molecule has 3 nitrogen and oxygen atoms in total. The Hall–Kier alpha value is -1.94. The van der Waals surface area contributed by atoms with Crippen molar-refractivity contribution < 1.29 is 31.1 Å². The molecule has 0 aliphatic heterocycles. The van der Waals surface area contributed by atoms with Gasteiger partial charge in [-0.15, -0.1) is 0 Å². The number of amides is 1. The van der Waals surface area contributed by atoms with E-state index in [1.807, 2.05) is 0 Å². The number of nitrogens with one attached hydrogen (secondary N) is 1. The zero-order chi connectivity index (χ0) is 20.9. The SMILES string of the molecule is O=C(CSc1ncc(C(F)(F)F)cc1Cl)NCCc1cccc(C(F)(F)F)c1. The third-order valence-corrected chi connectivity index (χ3v) is 4.87. The maximum atomic E-state index is 12.7. The van der Waals surface area contributed by atoms with Crippen LogP contribution in [-0.2, 0) is 23.6 Å². The van der Waals surface area contributed by atoms with Crippen molar-refractivity contribution in [1.82, 2.24) is 10.3 Å². The first-order valence-electron chi connectivity index (χ1n) is 7.75. The Kier molecular flexibility index (Phi) is 7.22. The number of aromatic nitrogens is 1. The fourth-order valence-electron chi connectivity index (χ4n) is 2.12. The molecule has 1 aromatic carbocycles. The highest BCUT2D eigenvalue weighted by Crippen LogP contribution is 2.33. The Bertz CT molecular complexity index is 841. The van der Waals surface area contributed by atoms with Gasteiger partial charge in [-0.2, -0.15) is 26.3 Å². The lowest BCUT2D eigenvalue weighted by Crippen LogP contribution is -2.27. The molecule has 0 radical (unpaired) electrons. The van der Waals surface area contributed by atoms with Crippen LogP contribution in [0.25, 0.3) is 0 Å². The summed E-state index contributed by atoms with van der Waals surface area (Å²) in [6.45, 7) is 0.106. The van der Waals surface area contributed by atoms with E-state index in [0.29, 0.717) is 11.8 Å². The van der Waals surface area contributed by atoms with Gasteiger partial charge in [0.1, 0.15) is 5.03 Å². The number of hydrogen-bond donors (Lipinski definition) is 1. The molecule has 0 fully saturated rings. The van der Waals surface area contributed by atoms with Gasteiger partial charge in [0, 0.05) is 12.7 Å². The predicted molar refractivity (Wildman–Crippen MR) is 93.1 cm³/mol. The van der Waals surface area contributed by atoms with Gasteiger partial charge in [-0.1, -0.05) is 41.6 Å². The van der Waals surface area contributed by atoms with E-state index in [-0.39, 0.29) is 28.8 Å². The number of carbonyl (C=O) groups excluding carboxylic acids is 1. The second-order valence-electron chi connectivity index (χ2n) is 5.60. The van der Waals surface area contributed by atoms with Gasteiger partial charge in [-0.25, -0.2) is 4.98 Å². The number of hydrogen-bond acceptors (Lipinski definition) is 3. The van der Waals surface area contributed by atoms with Crippen LogP contribution in [0.15, 0.2) is 41.6 Å². The van der Waals surface area contributed by atoms with Crippen molar-refractivity contribution in [3.05, 3.63) is 58.2 Å².